The molecule has 4 nitrogen and oxygen atoms in total. The standard InChI is InChI=1S/C19H22ClN3O/c20-16-7-5-14(6-8-16)18-11-17(22-23-18)13-1-3-15(4-2-13)19-12-21-9-10-24-19/h1-8,17-19,21-23H,9-12H2/t17?,18?,19-/m0/s1. The van der Waals surface area contributed by atoms with E-state index in [2.05, 4.69) is 52.6 Å². The van der Waals surface area contributed by atoms with Crippen molar-refractivity contribution < 1.29 is 4.74 Å². The maximum atomic E-state index is 5.97. The average molecular weight is 344 g/mol. The summed E-state index contributed by atoms with van der Waals surface area (Å²) >= 11 is 5.97. The van der Waals surface area contributed by atoms with Gasteiger partial charge in [0.25, 0.3) is 0 Å². The molecule has 0 saturated carbocycles. The summed E-state index contributed by atoms with van der Waals surface area (Å²) in [6.07, 6.45) is 1.19. The molecule has 0 amide bonds. The van der Waals surface area contributed by atoms with Crippen molar-refractivity contribution in [3.63, 3.8) is 0 Å². The predicted molar refractivity (Wildman–Crippen MR) is 95.8 cm³/mol. The number of nitrogens with one attached hydrogen (secondary N) is 3. The van der Waals surface area contributed by atoms with E-state index in [1.54, 1.807) is 0 Å². The molecule has 3 atom stereocenters. The quantitative estimate of drug-likeness (QED) is 0.800. The Morgan fingerprint density at radius 3 is 2.00 bits per heavy atom. The Hall–Kier alpha value is -1.43. The van der Waals surface area contributed by atoms with E-state index in [4.69, 9.17) is 16.3 Å². The zero-order chi connectivity index (χ0) is 16.4. The van der Waals surface area contributed by atoms with Crippen molar-refractivity contribution in [3.05, 3.63) is 70.2 Å². The molecular weight excluding hydrogens is 322 g/mol. The Balaban J connectivity index is 1.42. The van der Waals surface area contributed by atoms with Crippen LogP contribution in [0, 0.1) is 0 Å². The number of benzene rings is 2. The van der Waals surface area contributed by atoms with E-state index in [1.807, 2.05) is 12.1 Å². The lowest BCUT2D eigenvalue weighted by Crippen LogP contribution is -2.33. The fourth-order valence-corrected chi connectivity index (χ4v) is 3.54. The average Bonchev–Trinajstić information content (AvgIpc) is 3.13. The summed E-state index contributed by atoms with van der Waals surface area (Å²) in [5.74, 6) is 0. The van der Waals surface area contributed by atoms with E-state index in [0.717, 1.165) is 31.1 Å². The van der Waals surface area contributed by atoms with Gasteiger partial charge < -0.3 is 10.1 Å². The Bertz CT molecular complexity index is 668. The molecule has 2 aliphatic heterocycles. The second-order valence-electron chi connectivity index (χ2n) is 6.41. The minimum absolute atomic E-state index is 0.171. The van der Waals surface area contributed by atoms with Crippen molar-refractivity contribution in [3.8, 4) is 0 Å². The zero-order valence-corrected chi connectivity index (χ0v) is 14.2. The minimum Gasteiger partial charge on any atom is -0.371 e. The van der Waals surface area contributed by atoms with Gasteiger partial charge in [0.1, 0.15) is 0 Å². The van der Waals surface area contributed by atoms with Gasteiger partial charge in [-0.1, -0.05) is 48.0 Å². The summed E-state index contributed by atoms with van der Waals surface area (Å²) in [4.78, 5) is 0. The maximum Gasteiger partial charge on any atom is 0.0949 e. The van der Waals surface area contributed by atoms with Crippen LogP contribution in [-0.4, -0.2) is 19.7 Å². The topological polar surface area (TPSA) is 45.3 Å². The molecule has 0 spiro atoms. The molecule has 3 N–H and O–H groups in total. The van der Waals surface area contributed by atoms with Crippen LogP contribution >= 0.6 is 11.6 Å². The van der Waals surface area contributed by atoms with Crippen LogP contribution in [0.3, 0.4) is 0 Å². The molecule has 0 radical (unpaired) electrons. The molecule has 2 heterocycles. The molecule has 24 heavy (non-hydrogen) atoms. The summed E-state index contributed by atoms with van der Waals surface area (Å²) in [5, 5.41) is 4.15. The van der Waals surface area contributed by atoms with Gasteiger partial charge in [0.2, 0.25) is 0 Å². The highest BCUT2D eigenvalue weighted by molar-refractivity contribution is 6.30. The molecule has 2 aromatic rings. The number of ether oxygens (including phenoxy) is 1. The molecule has 5 heteroatoms. The summed E-state index contributed by atoms with van der Waals surface area (Å²) in [6.45, 7) is 2.61. The molecule has 2 fully saturated rings. The number of rotatable bonds is 3. The molecule has 0 bridgehead atoms. The van der Waals surface area contributed by atoms with E-state index in [-0.39, 0.29) is 6.10 Å². The molecule has 2 aromatic carbocycles. The molecule has 2 aliphatic rings. The lowest BCUT2D eigenvalue weighted by atomic mass is 9.96. The van der Waals surface area contributed by atoms with Gasteiger partial charge in [-0.25, -0.2) is 10.9 Å². The van der Waals surface area contributed by atoms with Crippen molar-refractivity contribution in [2.24, 2.45) is 0 Å². The van der Waals surface area contributed by atoms with Gasteiger partial charge in [-0.05, 0) is 35.2 Å². The number of hydrogen-bond acceptors (Lipinski definition) is 4. The van der Waals surface area contributed by atoms with Crippen LogP contribution in [0.2, 0.25) is 5.02 Å². The highest BCUT2D eigenvalue weighted by Crippen LogP contribution is 2.32. The Morgan fingerprint density at radius 2 is 1.42 bits per heavy atom. The first-order valence-electron chi connectivity index (χ1n) is 8.48. The molecule has 4 rings (SSSR count). The number of hydrazine groups is 1. The molecule has 126 valence electrons. The van der Waals surface area contributed by atoms with E-state index in [0.29, 0.717) is 12.1 Å². The largest absolute Gasteiger partial charge is 0.371 e. The van der Waals surface area contributed by atoms with Crippen molar-refractivity contribution in [2.75, 3.05) is 19.7 Å². The minimum atomic E-state index is 0.171. The van der Waals surface area contributed by atoms with Gasteiger partial charge in [0.15, 0.2) is 0 Å². The lowest BCUT2D eigenvalue weighted by Gasteiger charge is -2.24. The van der Waals surface area contributed by atoms with Gasteiger partial charge in [-0.2, -0.15) is 0 Å². The number of hydrogen-bond donors (Lipinski definition) is 3. The van der Waals surface area contributed by atoms with Crippen LogP contribution in [0.15, 0.2) is 48.5 Å². The smallest absolute Gasteiger partial charge is 0.0949 e. The predicted octanol–water partition coefficient (Wildman–Crippen LogP) is 3.28. The first-order chi connectivity index (χ1) is 11.8. The molecule has 0 aromatic heterocycles. The van der Waals surface area contributed by atoms with Crippen LogP contribution in [-0.2, 0) is 4.74 Å². The third-order valence-corrected chi connectivity index (χ3v) is 5.07. The van der Waals surface area contributed by atoms with Gasteiger partial charge >= 0.3 is 0 Å². The van der Waals surface area contributed by atoms with Crippen LogP contribution in [0.4, 0.5) is 0 Å². The Morgan fingerprint density at radius 1 is 0.833 bits per heavy atom. The lowest BCUT2D eigenvalue weighted by molar-refractivity contribution is 0.0277. The first-order valence-corrected chi connectivity index (χ1v) is 8.86. The monoisotopic (exact) mass is 343 g/mol. The Kier molecular flexibility index (Phi) is 4.83. The third-order valence-electron chi connectivity index (χ3n) is 4.81. The van der Waals surface area contributed by atoms with Crippen LogP contribution < -0.4 is 16.2 Å². The maximum absolute atomic E-state index is 5.97. The second kappa shape index (κ2) is 7.21. The van der Waals surface area contributed by atoms with Crippen LogP contribution in [0.1, 0.15) is 41.3 Å². The van der Waals surface area contributed by atoms with Crippen molar-refractivity contribution in [1.82, 2.24) is 16.2 Å². The van der Waals surface area contributed by atoms with Gasteiger partial charge in [0, 0.05) is 30.2 Å². The second-order valence-corrected chi connectivity index (χ2v) is 6.85. The van der Waals surface area contributed by atoms with E-state index >= 15 is 0 Å². The normalized spacial score (nSPS) is 27.3. The summed E-state index contributed by atoms with van der Waals surface area (Å²) in [6, 6.07) is 17.4. The van der Waals surface area contributed by atoms with Gasteiger partial charge in [-0.3, -0.25) is 0 Å². The summed E-state index contributed by atoms with van der Waals surface area (Å²) in [7, 11) is 0. The Labute approximate surface area is 147 Å². The first kappa shape index (κ1) is 16.1. The van der Waals surface area contributed by atoms with Crippen molar-refractivity contribution in [2.45, 2.75) is 24.6 Å². The molecule has 2 unspecified atom stereocenters. The van der Waals surface area contributed by atoms with Gasteiger partial charge in [0.05, 0.1) is 12.7 Å². The SMILES string of the molecule is Clc1ccc(C2CC(c3ccc([C@@H]4CNCCO4)cc3)NN2)cc1. The highest BCUT2D eigenvalue weighted by atomic mass is 35.5. The van der Waals surface area contributed by atoms with E-state index in [9.17, 15) is 0 Å². The van der Waals surface area contributed by atoms with Crippen LogP contribution in [0.5, 0.6) is 0 Å². The van der Waals surface area contributed by atoms with Gasteiger partial charge in [-0.15, -0.1) is 0 Å². The summed E-state index contributed by atoms with van der Waals surface area (Å²) in [5.41, 5.74) is 10.6. The zero-order valence-electron chi connectivity index (χ0n) is 13.5. The molecule has 0 aliphatic carbocycles. The number of halogens is 1. The van der Waals surface area contributed by atoms with Crippen molar-refractivity contribution >= 4 is 11.6 Å². The third kappa shape index (κ3) is 3.48. The van der Waals surface area contributed by atoms with E-state index in [1.165, 1.54) is 16.7 Å². The highest BCUT2D eigenvalue weighted by Gasteiger charge is 2.26. The van der Waals surface area contributed by atoms with Crippen molar-refractivity contribution in [1.29, 1.82) is 0 Å². The van der Waals surface area contributed by atoms with E-state index < -0.39 is 0 Å². The summed E-state index contributed by atoms with van der Waals surface area (Å²) < 4.78 is 5.81. The molecular formula is C19H22ClN3O. The fourth-order valence-electron chi connectivity index (χ4n) is 3.41. The fraction of sp³-hybridized carbons (Fsp3) is 0.368. The van der Waals surface area contributed by atoms with Crippen LogP contribution in [0.25, 0.3) is 0 Å². The molecule has 2 saturated heterocycles. The number of morpholine rings is 1.